The lowest BCUT2D eigenvalue weighted by Gasteiger charge is -2.51. The highest BCUT2D eigenvalue weighted by molar-refractivity contribution is 5.49. The number of hydrogen-bond acceptors (Lipinski definition) is 2. The van der Waals surface area contributed by atoms with Crippen molar-refractivity contribution >= 4 is 0 Å². The average Bonchev–Trinajstić information content (AvgIpc) is 2.36. The fourth-order valence-corrected chi connectivity index (χ4v) is 3.18. The van der Waals surface area contributed by atoms with Crippen LogP contribution in [-0.2, 0) is 0 Å². The maximum Gasteiger partial charge on any atom is 0.0783 e. The molecule has 4 rings (SSSR count). The SMILES string of the molecule is C1=CN2CCN3C=CC=C4C=CC(=C1)[C@H]2[C@H]43. The van der Waals surface area contributed by atoms with E-state index in [0.29, 0.717) is 12.1 Å². The molecule has 80 valence electrons. The summed E-state index contributed by atoms with van der Waals surface area (Å²) in [5.41, 5.74) is 2.90. The molecule has 0 aromatic heterocycles. The minimum absolute atomic E-state index is 0.528. The fourth-order valence-electron chi connectivity index (χ4n) is 3.18. The highest BCUT2D eigenvalue weighted by Crippen LogP contribution is 2.36. The molecule has 16 heavy (non-hydrogen) atoms. The Labute approximate surface area is 95.5 Å². The number of piperazine rings is 1. The van der Waals surface area contributed by atoms with E-state index in [-0.39, 0.29) is 0 Å². The molecule has 0 saturated carbocycles. The molecule has 0 radical (unpaired) electrons. The maximum absolute atomic E-state index is 2.48. The minimum Gasteiger partial charge on any atom is -0.366 e. The first-order chi connectivity index (χ1) is 7.93. The van der Waals surface area contributed by atoms with E-state index in [9.17, 15) is 0 Å². The van der Waals surface area contributed by atoms with Gasteiger partial charge in [0.05, 0.1) is 12.1 Å². The molecule has 0 amide bonds. The van der Waals surface area contributed by atoms with Crippen molar-refractivity contribution in [2.75, 3.05) is 13.1 Å². The third kappa shape index (κ3) is 0.967. The van der Waals surface area contributed by atoms with Crippen molar-refractivity contribution in [2.45, 2.75) is 12.1 Å². The lowest BCUT2D eigenvalue weighted by molar-refractivity contribution is 0.120. The van der Waals surface area contributed by atoms with Crippen LogP contribution in [0.1, 0.15) is 0 Å². The highest BCUT2D eigenvalue weighted by Gasteiger charge is 2.40. The van der Waals surface area contributed by atoms with E-state index >= 15 is 0 Å². The second-order valence-corrected chi connectivity index (χ2v) is 4.72. The van der Waals surface area contributed by atoms with Gasteiger partial charge in [-0.15, -0.1) is 0 Å². The Balaban J connectivity index is 1.89. The number of hydrogen-bond donors (Lipinski definition) is 0. The van der Waals surface area contributed by atoms with Crippen LogP contribution in [0.25, 0.3) is 0 Å². The van der Waals surface area contributed by atoms with Crippen molar-refractivity contribution in [2.24, 2.45) is 0 Å². The van der Waals surface area contributed by atoms with Crippen LogP contribution in [0.2, 0.25) is 0 Å². The molecule has 2 heteroatoms. The largest absolute Gasteiger partial charge is 0.366 e. The average molecular weight is 210 g/mol. The minimum atomic E-state index is 0.528. The standard InChI is InChI=1S/C14H14N2/c1-3-11-5-6-12-4-2-8-16-10-9-15(7-1)13(11)14(12)16/h1-8,13-14H,9-10H2/t13-,14-/m0/s1. The van der Waals surface area contributed by atoms with Crippen LogP contribution in [0.4, 0.5) is 0 Å². The van der Waals surface area contributed by atoms with Crippen LogP contribution in [0, 0.1) is 0 Å². The molecule has 4 aliphatic rings. The molecule has 0 bridgehead atoms. The molecule has 1 aliphatic carbocycles. The first-order valence-corrected chi connectivity index (χ1v) is 5.90. The number of nitrogens with zero attached hydrogens (tertiary/aromatic N) is 2. The summed E-state index contributed by atoms with van der Waals surface area (Å²) in [7, 11) is 0. The molecule has 1 saturated heterocycles. The molecule has 3 aliphatic heterocycles. The normalized spacial score (nSPS) is 33.5. The van der Waals surface area contributed by atoms with E-state index in [0.717, 1.165) is 13.1 Å². The Kier molecular flexibility index (Phi) is 1.54. The second kappa shape index (κ2) is 2.91. The van der Waals surface area contributed by atoms with E-state index in [4.69, 9.17) is 0 Å². The maximum atomic E-state index is 2.48. The molecule has 0 N–H and O–H groups in total. The van der Waals surface area contributed by atoms with E-state index in [1.54, 1.807) is 0 Å². The molecule has 0 aromatic carbocycles. The summed E-state index contributed by atoms with van der Waals surface area (Å²) < 4.78 is 0. The first kappa shape index (κ1) is 8.45. The zero-order valence-electron chi connectivity index (χ0n) is 9.08. The second-order valence-electron chi connectivity index (χ2n) is 4.72. The molecular weight excluding hydrogens is 196 g/mol. The number of allylic oxidation sites excluding steroid dienone is 4. The van der Waals surface area contributed by atoms with Crippen LogP contribution in [0.3, 0.4) is 0 Å². The van der Waals surface area contributed by atoms with Gasteiger partial charge in [0.1, 0.15) is 0 Å². The van der Waals surface area contributed by atoms with Crippen molar-refractivity contribution in [3.05, 3.63) is 60.0 Å². The van der Waals surface area contributed by atoms with Gasteiger partial charge in [0.2, 0.25) is 0 Å². The summed E-state index contributed by atoms with van der Waals surface area (Å²) in [5.74, 6) is 0. The molecule has 1 fully saturated rings. The van der Waals surface area contributed by atoms with Gasteiger partial charge in [-0.25, -0.2) is 0 Å². The van der Waals surface area contributed by atoms with Gasteiger partial charge in [-0.2, -0.15) is 0 Å². The van der Waals surface area contributed by atoms with Crippen LogP contribution in [-0.4, -0.2) is 35.0 Å². The van der Waals surface area contributed by atoms with Crippen molar-refractivity contribution in [1.29, 1.82) is 0 Å². The summed E-state index contributed by atoms with van der Waals surface area (Å²) in [6.07, 6.45) is 17.8. The van der Waals surface area contributed by atoms with E-state index in [1.165, 1.54) is 11.1 Å². The van der Waals surface area contributed by atoms with Gasteiger partial charge in [-0.1, -0.05) is 24.3 Å². The molecule has 3 heterocycles. The van der Waals surface area contributed by atoms with E-state index < -0.39 is 0 Å². The number of rotatable bonds is 0. The van der Waals surface area contributed by atoms with E-state index in [1.807, 2.05) is 0 Å². The molecule has 2 nitrogen and oxygen atoms in total. The zero-order chi connectivity index (χ0) is 10.5. The molecule has 0 spiro atoms. The third-order valence-corrected chi connectivity index (χ3v) is 3.91. The van der Waals surface area contributed by atoms with Gasteiger partial charge < -0.3 is 9.80 Å². The van der Waals surface area contributed by atoms with Crippen LogP contribution >= 0.6 is 0 Å². The summed E-state index contributed by atoms with van der Waals surface area (Å²) in [6, 6.07) is 1.06. The Hall–Kier alpha value is -1.70. The van der Waals surface area contributed by atoms with Crippen LogP contribution in [0.15, 0.2) is 60.0 Å². The van der Waals surface area contributed by atoms with Crippen LogP contribution < -0.4 is 0 Å². The summed E-state index contributed by atoms with van der Waals surface area (Å²) in [6.45, 7) is 2.25. The summed E-state index contributed by atoms with van der Waals surface area (Å²) in [5, 5.41) is 0. The topological polar surface area (TPSA) is 6.48 Å². The predicted molar refractivity (Wildman–Crippen MR) is 64.6 cm³/mol. The fraction of sp³-hybridized carbons (Fsp3) is 0.286. The zero-order valence-corrected chi connectivity index (χ0v) is 9.08. The molecule has 0 aromatic rings. The summed E-state index contributed by atoms with van der Waals surface area (Å²) >= 11 is 0. The lowest BCUT2D eigenvalue weighted by atomic mass is 9.81. The molecule has 0 unspecified atom stereocenters. The van der Waals surface area contributed by atoms with Crippen molar-refractivity contribution in [1.82, 2.24) is 9.80 Å². The van der Waals surface area contributed by atoms with Gasteiger partial charge in [0.15, 0.2) is 0 Å². The van der Waals surface area contributed by atoms with Crippen molar-refractivity contribution in [3.8, 4) is 0 Å². The Bertz CT molecular complexity index is 435. The van der Waals surface area contributed by atoms with Gasteiger partial charge in [0.25, 0.3) is 0 Å². The Morgan fingerprint density at radius 3 is 1.81 bits per heavy atom. The monoisotopic (exact) mass is 210 g/mol. The molecule has 2 atom stereocenters. The smallest absolute Gasteiger partial charge is 0.0783 e. The summed E-state index contributed by atoms with van der Waals surface area (Å²) in [4.78, 5) is 4.96. The van der Waals surface area contributed by atoms with Crippen molar-refractivity contribution in [3.63, 3.8) is 0 Å². The Morgan fingerprint density at radius 1 is 0.812 bits per heavy atom. The van der Waals surface area contributed by atoms with E-state index in [2.05, 4.69) is 58.7 Å². The molecular formula is C14H14N2. The van der Waals surface area contributed by atoms with Gasteiger partial charge >= 0.3 is 0 Å². The van der Waals surface area contributed by atoms with Gasteiger partial charge in [-0.05, 0) is 35.7 Å². The van der Waals surface area contributed by atoms with Crippen molar-refractivity contribution < 1.29 is 0 Å². The lowest BCUT2D eigenvalue weighted by Crippen LogP contribution is -2.59. The third-order valence-electron chi connectivity index (χ3n) is 3.91. The quantitative estimate of drug-likeness (QED) is 0.601. The first-order valence-electron chi connectivity index (χ1n) is 5.90. The van der Waals surface area contributed by atoms with Gasteiger partial charge in [0, 0.05) is 13.1 Å². The highest BCUT2D eigenvalue weighted by atomic mass is 15.3. The van der Waals surface area contributed by atoms with Crippen LogP contribution in [0.5, 0.6) is 0 Å². The van der Waals surface area contributed by atoms with Gasteiger partial charge in [-0.3, -0.25) is 0 Å². The predicted octanol–water partition coefficient (Wildman–Crippen LogP) is 1.82. The Morgan fingerprint density at radius 2 is 1.31 bits per heavy atom.